The number of Topliss-reactive ketones (excluding diaryl/α,β-unsaturated/α-hetero) is 1. The Kier molecular flexibility index (Phi) is 4.95. The summed E-state index contributed by atoms with van der Waals surface area (Å²) < 4.78 is 2.38. The van der Waals surface area contributed by atoms with Crippen LogP contribution in [0.3, 0.4) is 0 Å². The molecule has 0 amide bonds. The highest BCUT2D eigenvalue weighted by Crippen LogP contribution is 2.33. The summed E-state index contributed by atoms with van der Waals surface area (Å²) in [6.45, 7) is 8.27. The molecule has 1 aliphatic carbocycles. The summed E-state index contributed by atoms with van der Waals surface area (Å²) >= 11 is 5.97. The monoisotopic (exact) mass is 295 g/mol. The molecule has 3 atom stereocenters. The number of aryl methyl sites for hydroxylation is 1. The number of rotatable bonds is 3. The zero-order valence-electron chi connectivity index (χ0n) is 13.1. The SMILES string of the molecule is Cc1cc(C(=O)C(C)Cl)c(C)n1C1CCCC(C)CC1. The van der Waals surface area contributed by atoms with Gasteiger partial charge in [-0.15, -0.1) is 11.6 Å². The fourth-order valence-corrected chi connectivity index (χ4v) is 3.65. The number of hydrogen-bond donors (Lipinski definition) is 0. The summed E-state index contributed by atoms with van der Waals surface area (Å²) in [5.74, 6) is 0.883. The fourth-order valence-electron chi connectivity index (χ4n) is 3.53. The molecule has 3 heteroatoms. The Balaban J connectivity index is 2.30. The van der Waals surface area contributed by atoms with E-state index in [1.54, 1.807) is 6.92 Å². The van der Waals surface area contributed by atoms with Crippen LogP contribution in [-0.4, -0.2) is 15.7 Å². The minimum atomic E-state index is -0.446. The van der Waals surface area contributed by atoms with E-state index < -0.39 is 5.38 Å². The highest BCUT2D eigenvalue weighted by atomic mass is 35.5. The summed E-state index contributed by atoms with van der Waals surface area (Å²) in [6, 6.07) is 2.57. The first-order valence-corrected chi connectivity index (χ1v) is 8.22. The van der Waals surface area contributed by atoms with Gasteiger partial charge in [0.05, 0.1) is 5.38 Å². The van der Waals surface area contributed by atoms with Crippen molar-refractivity contribution in [3.05, 3.63) is 23.0 Å². The minimum Gasteiger partial charge on any atom is -0.345 e. The number of halogens is 1. The predicted molar refractivity (Wildman–Crippen MR) is 84.8 cm³/mol. The number of carbonyl (C=O) groups is 1. The molecule has 1 aliphatic rings. The van der Waals surface area contributed by atoms with E-state index in [4.69, 9.17) is 11.6 Å². The zero-order valence-corrected chi connectivity index (χ0v) is 13.8. The number of ketones is 1. The van der Waals surface area contributed by atoms with Crippen LogP contribution in [0.2, 0.25) is 0 Å². The van der Waals surface area contributed by atoms with E-state index in [0.29, 0.717) is 6.04 Å². The van der Waals surface area contributed by atoms with Gasteiger partial charge in [0.2, 0.25) is 0 Å². The molecule has 1 heterocycles. The quantitative estimate of drug-likeness (QED) is 0.434. The molecule has 0 aromatic carbocycles. The molecule has 0 spiro atoms. The average Bonchev–Trinajstić information content (AvgIpc) is 2.56. The molecule has 1 aromatic rings. The number of carbonyl (C=O) groups excluding carboxylic acids is 1. The Morgan fingerprint density at radius 3 is 2.65 bits per heavy atom. The van der Waals surface area contributed by atoms with E-state index in [1.807, 2.05) is 6.07 Å². The maximum atomic E-state index is 12.2. The van der Waals surface area contributed by atoms with E-state index in [1.165, 1.54) is 37.8 Å². The normalized spacial score (nSPS) is 25.2. The lowest BCUT2D eigenvalue weighted by Crippen LogP contribution is -2.15. The third kappa shape index (κ3) is 3.11. The van der Waals surface area contributed by atoms with Crippen molar-refractivity contribution in [1.29, 1.82) is 0 Å². The second-order valence-corrected chi connectivity index (χ2v) is 7.06. The van der Waals surface area contributed by atoms with Crippen molar-refractivity contribution in [2.75, 3.05) is 0 Å². The standard InChI is InChI=1S/C17H26ClNO/c1-11-6-5-7-15(9-8-11)19-12(2)10-16(14(19)4)17(20)13(3)18/h10-11,13,15H,5-9H2,1-4H3. The molecule has 0 bridgehead atoms. The average molecular weight is 296 g/mol. The minimum absolute atomic E-state index is 0.0491. The zero-order chi connectivity index (χ0) is 14.9. The molecule has 1 fully saturated rings. The van der Waals surface area contributed by atoms with Crippen molar-refractivity contribution in [2.24, 2.45) is 5.92 Å². The Hall–Kier alpha value is -0.760. The van der Waals surface area contributed by atoms with Crippen molar-refractivity contribution in [3.63, 3.8) is 0 Å². The van der Waals surface area contributed by atoms with Crippen LogP contribution < -0.4 is 0 Å². The van der Waals surface area contributed by atoms with Gasteiger partial charge < -0.3 is 4.57 Å². The Morgan fingerprint density at radius 2 is 2.00 bits per heavy atom. The highest BCUT2D eigenvalue weighted by Gasteiger charge is 2.24. The molecular weight excluding hydrogens is 270 g/mol. The van der Waals surface area contributed by atoms with E-state index >= 15 is 0 Å². The summed E-state index contributed by atoms with van der Waals surface area (Å²) in [7, 11) is 0. The van der Waals surface area contributed by atoms with Gasteiger partial charge in [-0.1, -0.05) is 19.8 Å². The summed E-state index contributed by atoms with van der Waals surface area (Å²) in [5.41, 5.74) is 3.10. The Morgan fingerprint density at radius 1 is 1.30 bits per heavy atom. The third-order valence-corrected chi connectivity index (χ3v) is 4.90. The summed E-state index contributed by atoms with van der Waals surface area (Å²) in [5, 5.41) is -0.446. The molecule has 2 nitrogen and oxygen atoms in total. The predicted octanol–water partition coefficient (Wildman–Crippen LogP) is 5.06. The van der Waals surface area contributed by atoms with Crippen LogP contribution in [0.15, 0.2) is 6.07 Å². The number of nitrogens with zero attached hydrogens (tertiary/aromatic N) is 1. The lowest BCUT2D eigenvalue weighted by molar-refractivity contribution is 0.0991. The smallest absolute Gasteiger partial charge is 0.182 e. The van der Waals surface area contributed by atoms with Gasteiger partial charge in [-0.25, -0.2) is 0 Å². The summed E-state index contributed by atoms with van der Waals surface area (Å²) in [4.78, 5) is 12.2. The number of hydrogen-bond acceptors (Lipinski definition) is 1. The van der Waals surface area contributed by atoms with Gasteiger partial charge in [-0.3, -0.25) is 4.79 Å². The van der Waals surface area contributed by atoms with E-state index in [0.717, 1.165) is 17.2 Å². The van der Waals surface area contributed by atoms with Crippen LogP contribution in [0, 0.1) is 19.8 Å². The topological polar surface area (TPSA) is 22.0 Å². The van der Waals surface area contributed by atoms with E-state index in [9.17, 15) is 4.79 Å². The van der Waals surface area contributed by atoms with E-state index in [2.05, 4.69) is 25.3 Å². The van der Waals surface area contributed by atoms with Gasteiger partial charge in [0.15, 0.2) is 5.78 Å². The van der Waals surface area contributed by atoms with Gasteiger partial charge in [0.25, 0.3) is 0 Å². The van der Waals surface area contributed by atoms with Crippen LogP contribution in [0.25, 0.3) is 0 Å². The van der Waals surface area contributed by atoms with Crippen molar-refractivity contribution in [2.45, 2.75) is 71.2 Å². The molecule has 1 saturated carbocycles. The third-order valence-electron chi connectivity index (χ3n) is 4.70. The molecular formula is C17H26ClNO. The van der Waals surface area contributed by atoms with Crippen molar-refractivity contribution in [1.82, 2.24) is 4.57 Å². The lowest BCUT2D eigenvalue weighted by Gasteiger charge is -2.21. The first-order valence-electron chi connectivity index (χ1n) is 7.78. The highest BCUT2D eigenvalue weighted by molar-refractivity contribution is 6.33. The van der Waals surface area contributed by atoms with Gasteiger partial charge in [-0.2, -0.15) is 0 Å². The molecule has 3 unspecified atom stereocenters. The molecule has 0 saturated heterocycles. The Bertz CT molecular complexity index is 489. The fraction of sp³-hybridized carbons (Fsp3) is 0.706. The van der Waals surface area contributed by atoms with E-state index in [-0.39, 0.29) is 5.78 Å². The van der Waals surface area contributed by atoms with Crippen LogP contribution in [0.1, 0.15) is 73.7 Å². The molecule has 0 N–H and O–H groups in total. The maximum absolute atomic E-state index is 12.2. The van der Waals surface area contributed by atoms with Crippen LogP contribution in [0.5, 0.6) is 0 Å². The first-order chi connectivity index (χ1) is 9.41. The van der Waals surface area contributed by atoms with Gasteiger partial charge in [-0.05, 0) is 52.0 Å². The molecule has 112 valence electrons. The lowest BCUT2D eigenvalue weighted by atomic mass is 10.0. The van der Waals surface area contributed by atoms with Gasteiger partial charge in [0.1, 0.15) is 0 Å². The number of aromatic nitrogens is 1. The van der Waals surface area contributed by atoms with Crippen molar-refractivity contribution < 1.29 is 4.79 Å². The van der Waals surface area contributed by atoms with Crippen LogP contribution in [0.4, 0.5) is 0 Å². The van der Waals surface area contributed by atoms with Crippen LogP contribution in [-0.2, 0) is 0 Å². The number of alkyl halides is 1. The second-order valence-electron chi connectivity index (χ2n) is 6.40. The van der Waals surface area contributed by atoms with Crippen molar-refractivity contribution >= 4 is 17.4 Å². The molecule has 1 aromatic heterocycles. The first kappa shape index (κ1) is 15.6. The molecule has 20 heavy (non-hydrogen) atoms. The van der Waals surface area contributed by atoms with Crippen molar-refractivity contribution in [3.8, 4) is 0 Å². The van der Waals surface area contributed by atoms with Crippen LogP contribution >= 0.6 is 11.6 Å². The molecule has 2 rings (SSSR count). The Labute approximate surface area is 127 Å². The summed E-state index contributed by atoms with van der Waals surface area (Å²) in [6.07, 6.45) is 6.36. The molecule has 0 aliphatic heterocycles. The second kappa shape index (κ2) is 6.34. The maximum Gasteiger partial charge on any atom is 0.182 e. The molecule has 0 radical (unpaired) electrons. The van der Waals surface area contributed by atoms with Gasteiger partial charge in [0, 0.05) is 23.0 Å². The van der Waals surface area contributed by atoms with Gasteiger partial charge >= 0.3 is 0 Å². The largest absolute Gasteiger partial charge is 0.345 e.